The van der Waals surface area contributed by atoms with Crippen molar-refractivity contribution < 1.29 is 4.74 Å². The monoisotopic (exact) mass is 404 g/mol. The summed E-state index contributed by atoms with van der Waals surface area (Å²) in [5.74, 6) is 1.77. The number of hydrogen-bond acceptors (Lipinski definition) is 2. The van der Waals surface area contributed by atoms with Gasteiger partial charge in [-0.3, -0.25) is 4.57 Å². The van der Waals surface area contributed by atoms with Gasteiger partial charge in [-0.15, -0.1) is 0 Å². The molecule has 0 spiro atoms. The fraction of sp³-hybridized carbons (Fsp3) is 0.240. The number of halogens is 1. The lowest BCUT2D eigenvalue weighted by molar-refractivity contribution is 0.305. The Hall–Kier alpha value is -2.78. The molecule has 0 fully saturated rings. The first-order valence-electron chi connectivity index (χ1n) is 10.2. The average Bonchev–Trinajstić information content (AvgIpc) is 3.13. The van der Waals surface area contributed by atoms with Crippen LogP contribution in [0, 0.1) is 0 Å². The number of para-hydroxylation sites is 1. The Bertz CT molecular complexity index is 1070. The lowest BCUT2D eigenvalue weighted by Gasteiger charge is -2.11. The van der Waals surface area contributed by atoms with E-state index in [0.29, 0.717) is 0 Å². The minimum atomic E-state index is 0.717. The number of ether oxygens (including phenoxy) is 1. The third-order valence-electron chi connectivity index (χ3n) is 5.01. The van der Waals surface area contributed by atoms with E-state index in [0.717, 1.165) is 51.9 Å². The van der Waals surface area contributed by atoms with Crippen LogP contribution in [0.2, 0.25) is 5.02 Å². The molecule has 1 aromatic heterocycles. The average molecular weight is 405 g/mol. The topological polar surface area (TPSA) is 27.1 Å². The molecule has 0 aliphatic heterocycles. The Labute approximate surface area is 176 Å². The maximum absolute atomic E-state index is 6.09. The summed E-state index contributed by atoms with van der Waals surface area (Å²) in [4.78, 5) is 4.92. The number of unbranched alkanes of at least 4 members (excludes halogenated alkanes) is 3. The smallest absolute Gasteiger partial charge is 0.145 e. The molecule has 3 nitrogen and oxygen atoms in total. The maximum atomic E-state index is 6.09. The molecule has 0 aliphatic carbocycles. The van der Waals surface area contributed by atoms with E-state index in [2.05, 4.69) is 29.7 Å². The number of rotatable bonds is 8. The summed E-state index contributed by atoms with van der Waals surface area (Å²) in [6, 6.07) is 24.3. The van der Waals surface area contributed by atoms with Gasteiger partial charge in [-0.2, -0.15) is 0 Å². The van der Waals surface area contributed by atoms with Crippen molar-refractivity contribution >= 4 is 22.6 Å². The number of nitrogens with zero attached hydrogens (tertiary/aromatic N) is 2. The first-order valence-corrected chi connectivity index (χ1v) is 10.6. The quantitative estimate of drug-likeness (QED) is 0.288. The van der Waals surface area contributed by atoms with Crippen LogP contribution in [0.25, 0.3) is 28.1 Å². The molecule has 29 heavy (non-hydrogen) atoms. The highest BCUT2D eigenvalue weighted by Crippen LogP contribution is 2.31. The predicted molar refractivity (Wildman–Crippen MR) is 121 cm³/mol. The number of fused-ring (bicyclic) bond motifs is 1. The molecule has 0 saturated heterocycles. The van der Waals surface area contributed by atoms with Crippen LogP contribution >= 0.6 is 11.6 Å². The van der Waals surface area contributed by atoms with Gasteiger partial charge >= 0.3 is 0 Å². The van der Waals surface area contributed by atoms with E-state index >= 15 is 0 Å². The molecule has 1 heterocycles. The molecule has 3 aromatic carbocycles. The predicted octanol–water partition coefficient (Wildman–Crippen LogP) is 7.31. The molecule has 0 unspecified atom stereocenters. The van der Waals surface area contributed by atoms with E-state index < -0.39 is 0 Å². The first kappa shape index (κ1) is 19.5. The van der Waals surface area contributed by atoms with E-state index in [1.54, 1.807) is 0 Å². The van der Waals surface area contributed by atoms with E-state index in [9.17, 15) is 0 Å². The molecular formula is C25H25ClN2O. The zero-order valence-corrected chi connectivity index (χ0v) is 17.4. The lowest BCUT2D eigenvalue weighted by atomic mass is 10.2. The van der Waals surface area contributed by atoms with Gasteiger partial charge in [-0.25, -0.2) is 4.98 Å². The molecule has 4 rings (SSSR count). The highest BCUT2D eigenvalue weighted by Gasteiger charge is 2.15. The molecule has 0 amide bonds. The van der Waals surface area contributed by atoms with Crippen LogP contribution in [-0.2, 0) is 0 Å². The molecule has 148 valence electrons. The molecule has 0 atom stereocenters. The standard InChI is InChI=1S/C25H25ClN2O/c1-2-3-4-8-17-29-22-15-16-23-24(18-22)28(21-9-6-5-7-10-21)25(27-23)19-11-13-20(26)14-12-19/h5-7,9-16,18H,2-4,8,17H2,1H3. The van der Waals surface area contributed by atoms with E-state index in [1.807, 2.05) is 54.6 Å². The van der Waals surface area contributed by atoms with Crippen molar-refractivity contribution in [3.05, 3.63) is 77.8 Å². The number of aromatic nitrogens is 2. The van der Waals surface area contributed by atoms with Gasteiger partial charge in [0.1, 0.15) is 11.6 Å². The van der Waals surface area contributed by atoms with Crippen molar-refractivity contribution in [3.8, 4) is 22.8 Å². The summed E-state index contributed by atoms with van der Waals surface area (Å²) < 4.78 is 8.21. The minimum Gasteiger partial charge on any atom is -0.494 e. The summed E-state index contributed by atoms with van der Waals surface area (Å²) in [7, 11) is 0. The number of imidazole rings is 1. The van der Waals surface area contributed by atoms with Crippen LogP contribution in [0.4, 0.5) is 0 Å². The second-order valence-electron chi connectivity index (χ2n) is 7.17. The largest absolute Gasteiger partial charge is 0.494 e. The fourth-order valence-electron chi connectivity index (χ4n) is 3.49. The third kappa shape index (κ3) is 4.46. The van der Waals surface area contributed by atoms with Crippen molar-refractivity contribution in [2.75, 3.05) is 6.61 Å². The second kappa shape index (κ2) is 9.15. The van der Waals surface area contributed by atoms with Gasteiger partial charge in [0.25, 0.3) is 0 Å². The van der Waals surface area contributed by atoms with Crippen molar-refractivity contribution in [3.63, 3.8) is 0 Å². The van der Waals surface area contributed by atoms with Crippen LogP contribution < -0.4 is 4.74 Å². The fourth-order valence-corrected chi connectivity index (χ4v) is 3.62. The Balaban J connectivity index is 1.74. The van der Waals surface area contributed by atoms with Crippen LogP contribution in [0.5, 0.6) is 5.75 Å². The van der Waals surface area contributed by atoms with Crippen molar-refractivity contribution in [2.24, 2.45) is 0 Å². The van der Waals surface area contributed by atoms with Gasteiger partial charge in [0.15, 0.2) is 0 Å². The summed E-state index contributed by atoms with van der Waals surface area (Å²) in [6.45, 7) is 2.97. The summed E-state index contributed by atoms with van der Waals surface area (Å²) in [6.07, 6.45) is 4.78. The molecule has 0 radical (unpaired) electrons. The van der Waals surface area contributed by atoms with Gasteiger partial charge in [0, 0.05) is 22.3 Å². The molecule has 4 aromatic rings. The molecule has 0 saturated carbocycles. The highest BCUT2D eigenvalue weighted by atomic mass is 35.5. The SMILES string of the molecule is CCCCCCOc1ccc2nc(-c3ccc(Cl)cc3)n(-c3ccccc3)c2c1. The Kier molecular flexibility index (Phi) is 6.16. The number of hydrogen-bond donors (Lipinski definition) is 0. The van der Waals surface area contributed by atoms with Crippen LogP contribution in [0.1, 0.15) is 32.6 Å². The van der Waals surface area contributed by atoms with Crippen LogP contribution in [-0.4, -0.2) is 16.2 Å². The second-order valence-corrected chi connectivity index (χ2v) is 7.61. The summed E-state index contributed by atoms with van der Waals surface area (Å²) in [5, 5.41) is 0.717. The maximum Gasteiger partial charge on any atom is 0.145 e. The van der Waals surface area contributed by atoms with E-state index in [-0.39, 0.29) is 0 Å². The number of benzene rings is 3. The van der Waals surface area contributed by atoms with Gasteiger partial charge in [0.2, 0.25) is 0 Å². The van der Waals surface area contributed by atoms with E-state index in [4.69, 9.17) is 21.3 Å². The zero-order valence-electron chi connectivity index (χ0n) is 16.6. The van der Waals surface area contributed by atoms with Gasteiger partial charge in [-0.1, -0.05) is 56.0 Å². The minimum absolute atomic E-state index is 0.717. The normalized spacial score (nSPS) is 11.1. The Morgan fingerprint density at radius 2 is 1.69 bits per heavy atom. The van der Waals surface area contributed by atoms with Crippen LogP contribution in [0.15, 0.2) is 72.8 Å². The molecular weight excluding hydrogens is 380 g/mol. The van der Waals surface area contributed by atoms with Crippen molar-refractivity contribution in [2.45, 2.75) is 32.6 Å². The Morgan fingerprint density at radius 1 is 0.897 bits per heavy atom. The van der Waals surface area contributed by atoms with Gasteiger partial charge < -0.3 is 4.74 Å². The summed E-state index contributed by atoms with van der Waals surface area (Å²) in [5.41, 5.74) is 4.07. The molecule has 0 aliphatic rings. The van der Waals surface area contributed by atoms with Gasteiger partial charge in [-0.05, 0) is 55.0 Å². The first-order chi connectivity index (χ1) is 14.3. The Morgan fingerprint density at radius 3 is 2.45 bits per heavy atom. The van der Waals surface area contributed by atoms with Crippen LogP contribution in [0.3, 0.4) is 0 Å². The van der Waals surface area contributed by atoms with Crippen molar-refractivity contribution in [1.29, 1.82) is 0 Å². The molecule has 0 N–H and O–H groups in total. The third-order valence-corrected chi connectivity index (χ3v) is 5.26. The molecule has 4 heteroatoms. The lowest BCUT2D eigenvalue weighted by Crippen LogP contribution is -1.99. The van der Waals surface area contributed by atoms with E-state index in [1.165, 1.54) is 19.3 Å². The highest BCUT2D eigenvalue weighted by molar-refractivity contribution is 6.30. The molecule has 0 bridgehead atoms. The van der Waals surface area contributed by atoms with Gasteiger partial charge in [0.05, 0.1) is 17.6 Å². The summed E-state index contributed by atoms with van der Waals surface area (Å²) >= 11 is 6.09. The van der Waals surface area contributed by atoms with Crippen molar-refractivity contribution in [1.82, 2.24) is 9.55 Å². The zero-order chi connectivity index (χ0) is 20.1.